The highest BCUT2D eigenvalue weighted by Crippen LogP contribution is 2.61. The molecule has 3 aliphatic carbocycles. The maximum Gasteiger partial charge on any atom is 0.177 e. The first-order chi connectivity index (χ1) is 29.3. The molecule has 0 saturated heterocycles. The molecule has 8 aromatic rings. The second kappa shape index (κ2) is 12.2. The molecule has 8 aromatic carbocycles. The second-order valence-electron chi connectivity index (χ2n) is 18.5. The van der Waals surface area contributed by atoms with Gasteiger partial charge in [0.05, 0.1) is 36.4 Å². The average molecular weight is 779 g/mol. The van der Waals surface area contributed by atoms with Gasteiger partial charge < -0.3 is 0 Å². The van der Waals surface area contributed by atoms with Crippen molar-refractivity contribution in [2.24, 2.45) is 0 Å². The van der Waals surface area contributed by atoms with Crippen LogP contribution in [0.3, 0.4) is 0 Å². The molecule has 0 unspecified atom stereocenters. The van der Waals surface area contributed by atoms with E-state index in [9.17, 15) is 10.5 Å². The highest BCUT2D eigenvalue weighted by atomic mass is 14.7. The van der Waals surface area contributed by atoms with E-state index >= 15 is 0 Å². The smallest absolute Gasteiger partial charge is 0.177 e. The lowest BCUT2D eigenvalue weighted by molar-refractivity contribution is 0.649. The molecule has 0 bridgehead atoms. The first-order valence-electron chi connectivity index (χ1n) is 20.7. The number of rotatable bonds is 2. The minimum absolute atomic E-state index is 0.276. The zero-order valence-electron chi connectivity index (χ0n) is 34.8. The average Bonchev–Trinajstić information content (AvgIpc) is 3.75. The molecular formula is C57H38N4. The highest BCUT2D eigenvalue weighted by molar-refractivity contribution is 6.12. The van der Waals surface area contributed by atoms with Crippen LogP contribution in [0.5, 0.6) is 0 Å². The Labute approximate surface area is 356 Å². The lowest BCUT2D eigenvalue weighted by Gasteiger charge is -2.25. The summed E-state index contributed by atoms with van der Waals surface area (Å²) in [4.78, 5) is 7.43. The van der Waals surface area contributed by atoms with Crippen LogP contribution in [0, 0.1) is 35.8 Å². The fourth-order valence-corrected chi connectivity index (χ4v) is 11.1. The van der Waals surface area contributed by atoms with E-state index in [4.69, 9.17) is 13.1 Å². The summed E-state index contributed by atoms with van der Waals surface area (Å²) in [5.74, 6) is 0. The van der Waals surface area contributed by atoms with Crippen molar-refractivity contribution in [3.8, 4) is 67.8 Å². The first kappa shape index (κ1) is 36.3. The zero-order valence-corrected chi connectivity index (χ0v) is 34.8. The molecule has 0 atom stereocenters. The molecule has 4 nitrogen and oxygen atoms in total. The van der Waals surface area contributed by atoms with Crippen molar-refractivity contribution >= 4 is 32.9 Å². The van der Waals surface area contributed by atoms with E-state index in [1.165, 1.54) is 77.5 Å². The quantitative estimate of drug-likeness (QED) is 0.164. The molecular weight excluding hydrogens is 741 g/mol. The third kappa shape index (κ3) is 4.77. The van der Waals surface area contributed by atoms with Crippen LogP contribution >= 0.6 is 0 Å². The minimum atomic E-state index is -0.324. The van der Waals surface area contributed by atoms with Gasteiger partial charge in [0.2, 0.25) is 0 Å². The van der Waals surface area contributed by atoms with Crippen molar-refractivity contribution < 1.29 is 0 Å². The van der Waals surface area contributed by atoms with E-state index in [-0.39, 0.29) is 16.2 Å². The van der Waals surface area contributed by atoms with E-state index in [0.717, 1.165) is 33.0 Å². The van der Waals surface area contributed by atoms with Crippen LogP contribution < -0.4 is 0 Å². The van der Waals surface area contributed by atoms with Gasteiger partial charge in [0, 0.05) is 16.2 Å². The Hall–Kier alpha value is -7.76. The Bertz CT molecular complexity index is 3250. The fraction of sp³-hybridized carbons (Fsp3) is 0.158. The summed E-state index contributed by atoms with van der Waals surface area (Å²) < 4.78 is 0. The Balaban J connectivity index is 1.11. The van der Waals surface area contributed by atoms with Crippen LogP contribution in [0.2, 0.25) is 0 Å². The van der Waals surface area contributed by atoms with Gasteiger partial charge >= 0.3 is 0 Å². The Kier molecular flexibility index (Phi) is 7.24. The van der Waals surface area contributed by atoms with Gasteiger partial charge in [-0.15, -0.1) is 0 Å². The van der Waals surface area contributed by atoms with E-state index in [1.54, 1.807) is 12.1 Å². The van der Waals surface area contributed by atoms with Gasteiger partial charge in [-0.05, 0) is 165 Å². The Morgan fingerprint density at radius 3 is 1.15 bits per heavy atom. The fourth-order valence-electron chi connectivity index (χ4n) is 11.1. The molecule has 61 heavy (non-hydrogen) atoms. The molecule has 11 rings (SSSR count). The summed E-state index contributed by atoms with van der Waals surface area (Å²) in [7, 11) is 0. The molecule has 4 heteroatoms. The Morgan fingerprint density at radius 2 is 0.738 bits per heavy atom. The van der Waals surface area contributed by atoms with Crippen molar-refractivity contribution in [2.45, 2.75) is 57.8 Å². The number of nitriles is 2. The van der Waals surface area contributed by atoms with E-state index in [0.29, 0.717) is 22.5 Å². The van der Waals surface area contributed by atoms with E-state index in [1.807, 2.05) is 24.3 Å². The molecule has 0 aromatic heterocycles. The van der Waals surface area contributed by atoms with Crippen LogP contribution in [0.25, 0.3) is 86.9 Å². The third-order valence-corrected chi connectivity index (χ3v) is 14.2. The lowest BCUT2D eigenvalue weighted by Crippen LogP contribution is -2.17. The number of hydrogen-bond donors (Lipinski definition) is 0. The summed E-state index contributed by atoms with van der Waals surface area (Å²) in [5.41, 5.74) is 20.2. The highest BCUT2D eigenvalue weighted by Gasteiger charge is 2.45. The van der Waals surface area contributed by atoms with Crippen LogP contribution in [0.4, 0.5) is 11.4 Å². The van der Waals surface area contributed by atoms with E-state index < -0.39 is 0 Å². The number of nitrogens with zero attached hydrogens (tertiary/aromatic N) is 4. The topological polar surface area (TPSA) is 56.3 Å². The lowest BCUT2D eigenvalue weighted by atomic mass is 9.78. The molecule has 0 saturated carbocycles. The van der Waals surface area contributed by atoms with E-state index in [2.05, 4.69) is 148 Å². The Morgan fingerprint density at radius 1 is 0.393 bits per heavy atom. The SMILES string of the molecule is [C-]#[N+]c1cc([N+]#[C-])cc(-c2cc3c(c4ccccc24)-c2cc4c(cc2C3(C)C)-c2cc3c(cc2C4(C)C)-c2c(cc(-c4cc(C#N)cc(C#N)c4)c4ccccc24)C3(C)C)c1. The molecule has 0 heterocycles. The minimum Gasteiger partial charge on any atom is -0.239 e. The van der Waals surface area contributed by atoms with Crippen molar-refractivity contribution in [1.82, 2.24) is 0 Å². The number of benzene rings is 8. The van der Waals surface area contributed by atoms with Crippen molar-refractivity contribution in [3.63, 3.8) is 0 Å². The first-order valence-corrected chi connectivity index (χ1v) is 20.7. The van der Waals surface area contributed by atoms with Crippen molar-refractivity contribution in [3.05, 3.63) is 189 Å². The predicted octanol–water partition coefficient (Wildman–Crippen LogP) is 15.1. The van der Waals surface area contributed by atoms with Crippen molar-refractivity contribution in [2.75, 3.05) is 0 Å². The summed E-state index contributed by atoms with van der Waals surface area (Å²) in [6.07, 6.45) is 0. The molecule has 0 radical (unpaired) electrons. The van der Waals surface area contributed by atoms with Gasteiger partial charge in [0.25, 0.3) is 0 Å². The standard InChI is InChI=1S/C57H38N4/c1-55(2)47-27-45-49(56(3,4)51-23-41(37-13-9-11-15-39(37)53(45)51)33-18-31(29-58)17-32(19-33)30-59)25-43(47)44-26-50-46(28-48(44)55)54-40-16-12-10-14-38(40)42(24-52(54)57(50,5)6)34-20-35(60-7)22-36(21-34)61-8/h9-28H,1-6H3. The number of hydrogen-bond acceptors (Lipinski definition) is 2. The van der Waals surface area contributed by atoms with Crippen LogP contribution in [-0.2, 0) is 16.2 Å². The van der Waals surface area contributed by atoms with Crippen LogP contribution in [-0.4, -0.2) is 0 Å². The summed E-state index contributed by atoms with van der Waals surface area (Å²) >= 11 is 0. The van der Waals surface area contributed by atoms with Crippen molar-refractivity contribution in [1.29, 1.82) is 10.5 Å². The molecule has 3 aliphatic rings. The number of fused-ring (bicyclic) bond motifs is 13. The van der Waals surface area contributed by atoms with Gasteiger partial charge in [0.15, 0.2) is 11.4 Å². The van der Waals surface area contributed by atoms with Gasteiger partial charge in [0.1, 0.15) is 0 Å². The molecule has 0 aliphatic heterocycles. The van der Waals surface area contributed by atoms with Gasteiger partial charge in [-0.3, -0.25) is 0 Å². The predicted molar refractivity (Wildman–Crippen MR) is 247 cm³/mol. The summed E-state index contributed by atoms with van der Waals surface area (Å²) in [6.45, 7) is 29.6. The molecule has 0 fully saturated rings. The monoisotopic (exact) mass is 778 g/mol. The maximum atomic E-state index is 9.87. The largest absolute Gasteiger partial charge is 0.239 e. The molecule has 0 amide bonds. The van der Waals surface area contributed by atoms with Gasteiger partial charge in [-0.25, -0.2) is 9.69 Å². The zero-order chi connectivity index (χ0) is 42.3. The van der Waals surface area contributed by atoms with Gasteiger partial charge in [-0.1, -0.05) is 108 Å². The third-order valence-electron chi connectivity index (χ3n) is 14.2. The molecule has 0 N–H and O–H groups in total. The van der Waals surface area contributed by atoms with Crippen LogP contribution in [0.1, 0.15) is 86.1 Å². The summed E-state index contributed by atoms with van der Waals surface area (Å²) in [6, 6.07) is 47.2. The normalized spacial score (nSPS) is 15.0. The maximum absolute atomic E-state index is 9.87. The summed E-state index contributed by atoms with van der Waals surface area (Å²) in [5, 5.41) is 24.3. The molecule has 0 spiro atoms. The second-order valence-corrected chi connectivity index (χ2v) is 18.5. The van der Waals surface area contributed by atoms with Crippen LogP contribution in [0.15, 0.2) is 121 Å². The molecule has 286 valence electrons. The van der Waals surface area contributed by atoms with Gasteiger partial charge in [-0.2, -0.15) is 10.5 Å².